The van der Waals surface area contributed by atoms with Crippen LogP contribution in [0.5, 0.6) is 0 Å². The molecule has 10 heteroatoms. The van der Waals surface area contributed by atoms with Crippen molar-refractivity contribution in [1.82, 2.24) is 25.2 Å². The van der Waals surface area contributed by atoms with Gasteiger partial charge in [-0.15, -0.1) is 5.10 Å². The molecule has 0 aliphatic heterocycles. The van der Waals surface area contributed by atoms with Crippen LogP contribution in [-0.4, -0.2) is 56.1 Å². The van der Waals surface area contributed by atoms with Gasteiger partial charge >= 0.3 is 11.9 Å². The first kappa shape index (κ1) is 19.9. The fourth-order valence-electron chi connectivity index (χ4n) is 2.99. The summed E-state index contributed by atoms with van der Waals surface area (Å²) in [5.41, 5.74) is 1.93. The molecule has 29 heavy (non-hydrogen) atoms. The molecular weight excluding hydrogens is 378 g/mol. The second-order valence-corrected chi connectivity index (χ2v) is 6.12. The SMILES string of the molecule is CCOC(=O)c1c(C)[nH]c(C)c1C(=O)COC(=O)c1ccccc1-n1cnnn1. The van der Waals surface area contributed by atoms with Gasteiger partial charge in [-0.25, -0.2) is 9.59 Å². The molecule has 0 saturated carbocycles. The number of nitrogens with zero attached hydrogens (tertiary/aromatic N) is 4. The number of aromatic nitrogens is 5. The lowest BCUT2D eigenvalue weighted by molar-refractivity contribution is 0.0472. The standard InChI is InChI=1S/C19H19N5O5/c1-4-28-19(27)17-12(3)21-11(2)16(17)15(25)9-29-18(26)13-7-5-6-8-14(13)24-10-20-22-23-24/h5-8,10,21H,4,9H2,1-3H3. The van der Waals surface area contributed by atoms with Crippen LogP contribution in [0, 0.1) is 13.8 Å². The molecule has 0 bridgehead atoms. The first-order valence-corrected chi connectivity index (χ1v) is 8.83. The number of carbonyl (C=O) groups excluding carboxylic acids is 3. The third-order valence-corrected chi connectivity index (χ3v) is 4.19. The molecule has 2 heterocycles. The first-order valence-electron chi connectivity index (χ1n) is 8.83. The summed E-state index contributed by atoms with van der Waals surface area (Å²) in [6.45, 7) is 4.66. The highest BCUT2D eigenvalue weighted by Crippen LogP contribution is 2.21. The number of benzene rings is 1. The molecule has 0 aliphatic carbocycles. The van der Waals surface area contributed by atoms with Gasteiger partial charge in [0, 0.05) is 11.4 Å². The van der Waals surface area contributed by atoms with Crippen LogP contribution < -0.4 is 0 Å². The monoisotopic (exact) mass is 397 g/mol. The summed E-state index contributed by atoms with van der Waals surface area (Å²) >= 11 is 0. The second-order valence-electron chi connectivity index (χ2n) is 6.12. The minimum atomic E-state index is -0.716. The Kier molecular flexibility index (Phi) is 5.82. The van der Waals surface area contributed by atoms with E-state index in [4.69, 9.17) is 9.47 Å². The molecule has 0 aliphatic rings. The van der Waals surface area contributed by atoms with E-state index in [-0.39, 0.29) is 23.3 Å². The third kappa shape index (κ3) is 4.05. The Balaban J connectivity index is 1.79. The highest BCUT2D eigenvalue weighted by Gasteiger charge is 2.26. The Morgan fingerprint density at radius 1 is 1.03 bits per heavy atom. The Labute approximate surface area is 165 Å². The van der Waals surface area contributed by atoms with Crippen LogP contribution >= 0.6 is 0 Å². The maximum absolute atomic E-state index is 12.7. The van der Waals surface area contributed by atoms with E-state index in [2.05, 4.69) is 20.5 Å². The van der Waals surface area contributed by atoms with Crippen LogP contribution in [0.15, 0.2) is 30.6 Å². The summed E-state index contributed by atoms with van der Waals surface area (Å²) in [5, 5.41) is 10.9. The summed E-state index contributed by atoms with van der Waals surface area (Å²) in [5.74, 6) is -1.83. The van der Waals surface area contributed by atoms with Crippen LogP contribution in [0.25, 0.3) is 5.69 Å². The van der Waals surface area contributed by atoms with Crippen molar-refractivity contribution in [2.75, 3.05) is 13.2 Å². The first-order chi connectivity index (χ1) is 13.9. The lowest BCUT2D eigenvalue weighted by Gasteiger charge is -2.09. The maximum Gasteiger partial charge on any atom is 0.340 e. The van der Waals surface area contributed by atoms with Gasteiger partial charge in [0.15, 0.2) is 6.61 Å². The van der Waals surface area contributed by atoms with E-state index in [0.29, 0.717) is 17.1 Å². The van der Waals surface area contributed by atoms with Gasteiger partial charge in [0.25, 0.3) is 0 Å². The van der Waals surface area contributed by atoms with E-state index in [1.807, 2.05) is 0 Å². The van der Waals surface area contributed by atoms with Gasteiger partial charge in [-0.2, -0.15) is 4.68 Å². The highest BCUT2D eigenvalue weighted by molar-refractivity contribution is 6.09. The molecule has 0 fully saturated rings. The van der Waals surface area contributed by atoms with Crippen molar-refractivity contribution in [2.45, 2.75) is 20.8 Å². The normalized spacial score (nSPS) is 10.6. The predicted molar refractivity (Wildman–Crippen MR) is 100.0 cm³/mol. The minimum Gasteiger partial charge on any atom is -0.462 e. The molecule has 0 atom stereocenters. The number of hydrogen-bond donors (Lipinski definition) is 1. The van der Waals surface area contributed by atoms with E-state index in [9.17, 15) is 14.4 Å². The molecule has 1 N–H and O–H groups in total. The molecule has 2 aromatic heterocycles. The van der Waals surface area contributed by atoms with Gasteiger partial charge in [-0.05, 0) is 43.3 Å². The predicted octanol–water partition coefficient (Wildman–Crippen LogP) is 1.82. The Morgan fingerprint density at radius 2 is 1.76 bits per heavy atom. The van der Waals surface area contributed by atoms with E-state index in [1.165, 1.54) is 11.0 Å². The topological polar surface area (TPSA) is 129 Å². The van der Waals surface area contributed by atoms with Crippen molar-refractivity contribution in [3.63, 3.8) is 0 Å². The summed E-state index contributed by atoms with van der Waals surface area (Å²) in [6, 6.07) is 6.56. The zero-order valence-corrected chi connectivity index (χ0v) is 16.1. The fraction of sp³-hybridized carbons (Fsp3) is 0.263. The average molecular weight is 397 g/mol. The van der Waals surface area contributed by atoms with Crippen LogP contribution in [0.3, 0.4) is 0 Å². The maximum atomic E-state index is 12.7. The van der Waals surface area contributed by atoms with Crippen molar-refractivity contribution in [2.24, 2.45) is 0 Å². The molecule has 1 aromatic carbocycles. The molecule has 150 valence electrons. The van der Waals surface area contributed by atoms with Crippen molar-refractivity contribution < 1.29 is 23.9 Å². The van der Waals surface area contributed by atoms with E-state index >= 15 is 0 Å². The molecule has 0 radical (unpaired) electrons. The van der Waals surface area contributed by atoms with E-state index in [1.54, 1.807) is 45.0 Å². The van der Waals surface area contributed by atoms with Gasteiger partial charge < -0.3 is 14.5 Å². The number of nitrogens with one attached hydrogen (secondary N) is 1. The van der Waals surface area contributed by atoms with Crippen LogP contribution in [0.2, 0.25) is 0 Å². The third-order valence-electron chi connectivity index (χ3n) is 4.19. The molecule has 0 unspecified atom stereocenters. The molecule has 3 rings (SSSR count). The zero-order chi connectivity index (χ0) is 21.0. The quantitative estimate of drug-likeness (QED) is 0.472. The van der Waals surface area contributed by atoms with Gasteiger partial charge in [-0.1, -0.05) is 12.1 Å². The van der Waals surface area contributed by atoms with Crippen LogP contribution in [0.1, 0.15) is 49.4 Å². The smallest absolute Gasteiger partial charge is 0.340 e. The zero-order valence-electron chi connectivity index (χ0n) is 16.1. The van der Waals surface area contributed by atoms with Gasteiger partial charge in [0.2, 0.25) is 5.78 Å². The Bertz CT molecular complexity index is 1060. The number of aromatic amines is 1. The number of H-pyrrole nitrogens is 1. The van der Waals surface area contributed by atoms with Gasteiger partial charge in [0.05, 0.1) is 29.0 Å². The van der Waals surface area contributed by atoms with Crippen molar-refractivity contribution in [1.29, 1.82) is 0 Å². The van der Waals surface area contributed by atoms with E-state index < -0.39 is 24.3 Å². The number of Topliss-reactive ketones (excluding diaryl/α,β-unsaturated/α-hetero) is 1. The number of rotatable bonds is 7. The van der Waals surface area contributed by atoms with Crippen molar-refractivity contribution in [3.8, 4) is 5.69 Å². The summed E-state index contributed by atoms with van der Waals surface area (Å²) in [7, 11) is 0. The minimum absolute atomic E-state index is 0.152. The number of carbonyl (C=O) groups is 3. The average Bonchev–Trinajstić information content (AvgIpc) is 3.33. The largest absolute Gasteiger partial charge is 0.462 e. The number of esters is 2. The number of para-hydroxylation sites is 1. The lowest BCUT2D eigenvalue weighted by Crippen LogP contribution is -2.19. The second kappa shape index (κ2) is 8.46. The van der Waals surface area contributed by atoms with Gasteiger partial charge in [-0.3, -0.25) is 4.79 Å². The number of ether oxygens (including phenoxy) is 2. The van der Waals surface area contributed by atoms with Crippen LogP contribution in [-0.2, 0) is 9.47 Å². The molecular formula is C19H19N5O5. The highest BCUT2D eigenvalue weighted by atomic mass is 16.5. The lowest BCUT2D eigenvalue weighted by atomic mass is 10.1. The summed E-state index contributed by atoms with van der Waals surface area (Å²) in [6.07, 6.45) is 1.34. The number of hydrogen-bond acceptors (Lipinski definition) is 8. The van der Waals surface area contributed by atoms with Gasteiger partial charge in [0.1, 0.15) is 6.33 Å². The molecule has 0 spiro atoms. The number of ketones is 1. The van der Waals surface area contributed by atoms with Crippen molar-refractivity contribution >= 4 is 17.7 Å². The van der Waals surface area contributed by atoms with E-state index in [0.717, 1.165) is 0 Å². The Morgan fingerprint density at radius 3 is 2.45 bits per heavy atom. The molecule has 3 aromatic rings. The fourth-order valence-corrected chi connectivity index (χ4v) is 2.99. The molecule has 0 amide bonds. The number of aryl methyl sites for hydroxylation is 2. The summed E-state index contributed by atoms with van der Waals surface area (Å²) in [4.78, 5) is 40.4. The molecule has 10 nitrogen and oxygen atoms in total. The van der Waals surface area contributed by atoms with Crippen LogP contribution in [0.4, 0.5) is 0 Å². The number of tetrazole rings is 1. The van der Waals surface area contributed by atoms with Crippen molar-refractivity contribution in [3.05, 3.63) is 58.7 Å². The summed E-state index contributed by atoms with van der Waals surface area (Å²) < 4.78 is 11.5. The molecule has 0 saturated heterocycles. The Hall–Kier alpha value is -3.82.